The Balaban J connectivity index is 2.78. The van der Waals surface area contributed by atoms with Crippen LogP contribution in [0.5, 0.6) is 11.6 Å². The Hall–Kier alpha value is -1.71. The van der Waals surface area contributed by atoms with Gasteiger partial charge >= 0.3 is 0 Å². The quantitative estimate of drug-likeness (QED) is 0.685. The molecule has 0 aliphatic heterocycles. The number of rotatable bonds is 1. The molecule has 1 N–H and O–H groups in total. The number of hydrogen-bond acceptors (Lipinski definition) is 3. The van der Waals surface area contributed by atoms with Gasteiger partial charge in [-0.3, -0.25) is 0 Å². The number of hydrogen-bond donors (Lipinski definition) is 1. The SMILES string of the molecule is COc1cccn2cc(O)nc12. The molecule has 2 aromatic heterocycles. The van der Waals surface area contributed by atoms with Gasteiger partial charge in [0.25, 0.3) is 0 Å². The van der Waals surface area contributed by atoms with Crippen molar-refractivity contribution in [3.8, 4) is 11.6 Å². The molecule has 4 nitrogen and oxygen atoms in total. The molecule has 0 radical (unpaired) electrons. The van der Waals surface area contributed by atoms with Crippen LogP contribution in [0.1, 0.15) is 0 Å². The van der Waals surface area contributed by atoms with Gasteiger partial charge in [0.1, 0.15) is 0 Å². The third kappa shape index (κ3) is 0.887. The van der Waals surface area contributed by atoms with E-state index < -0.39 is 0 Å². The monoisotopic (exact) mass is 164 g/mol. The van der Waals surface area contributed by atoms with E-state index in [0.717, 1.165) is 0 Å². The molecule has 0 saturated heterocycles. The second kappa shape index (κ2) is 2.41. The Bertz CT molecular complexity index is 408. The predicted molar refractivity (Wildman–Crippen MR) is 43.4 cm³/mol. The van der Waals surface area contributed by atoms with E-state index in [2.05, 4.69) is 4.98 Å². The minimum Gasteiger partial charge on any atom is -0.493 e. The van der Waals surface area contributed by atoms with Crippen LogP contribution in [0.4, 0.5) is 0 Å². The maximum atomic E-state index is 9.09. The van der Waals surface area contributed by atoms with Crippen molar-refractivity contribution in [2.24, 2.45) is 0 Å². The lowest BCUT2D eigenvalue weighted by Crippen LogP contribution is -1.88. The summed E-state index contributed by atoms with van der Waals surface area (Å²) in [6.07, 6.45) is 3.32. The lowest BCUT2D eigenvalue weighted by Gasteiger charge is -1.99. The highest BCUT2D eigenvalue weighted by atomic mass is 16.5. The van der Waals surface area contributed by atoms with Crippen molar-refractivity contribution >= 4 is 5.65 Å². The van der Waals surface area contributed by atoms with Gasteiger partial charge in [-0.05, 0) is 12.1 Å². The van der Waals surface area contributed by atoms with Gasteiger partial charge in [-0.25, -0.2) is 0 Å². The molecule has 0 aliphatic carbocycles. The maximum Gasteiger partial charge on any atom is 0.230 e. The summed E-state index contributed by atoms with van der Waals surface area (Å²) in [4.78, 5) is 3.88. The summed E-state index contributed by atoms with van der Waals surface area (Å²) >= 11 is 0. The van der Waals surface area contributed by atoms with Gasteiger partial charge in [0.2, 0.25) is 5.88 Å². The van der Waals surface area contributed by atoms with E-state index in [1.54, 1.807) is 23.8 Å². The number of pyridine rings is 1. The zero-order chi connectivity index (χ0) is 8.55. The van der Waals surface area contributed by atoms with E-state index in [4.69, 9.17) is 9.84 Å². The number of ether oxygens (including phenoxy) is 1. The first-order chi connectivity index (χ1) is 5.81. The van der Waals surface area contributed by atoms with E-state index >= 15 is 0 Å². The molecule has 12 heavy (non-hydrogen) atoms. The van der Waals surface area contributed by atoms with Gasteiger partial charge in [-0.1, -0.05) is 0 Å². The molecule has 0 spiro atoms. The number of nitrogens with zero attached hydrogens (tertiary/aromatic N) is 2. The summed E-state index contributed by atoms with van der Waals surface area (Å²) in [6, 6.07) is 3.62. The zero-order valence-corrected chi connectivity index (χ0v) is 6.56. The second-order valence-electron chi connectivity index (χ2n) is 2.41. The number of methoxy groups -OCH3 is 1. The Morgan fingerprint density at radius 2 is 2.42 bits per heavy atom. The van der Waals surface area contributed by atoms with Gasteiger partial charge in [-0.2, -0.15) is 4.98 Å². The number of imidazole rings is 1. The van der Waals surface area contributed by atoms with Crippen molar-refractivity contribution in [2.45, 2.75) is 0 Å². The van der Waals surface area contributed by atoms with Crippen LogP contribution in [-0.2, 0) is 0 Å². The Morgan fingerprint density at radius 1 is 1.58 bits per heavy atom. The topological polar surface area (TPSA) is 46.8 Å². The van der Waals surface area contributed by atoms with Crippen molar-refractivity contribution < 1.29 is 9.84 Å². The van der Waals surface area contributed by atoms with Crippen molar-refractivity contribution in [2.75, 3.05) is 7.11 Å². The van der Waals surface area contributed by atoms with Crippen LogP contribution in [0.2, 0.25) is 0 Å². The second-order valence-corrected chi connectivity index (χ2v) is 2.41. The first-order valence-corrected chi connectivity index (χ1v) is 3.52. The molecule has 0 atom stereocenters. The van der Waals surface area contributed by atoms with Gasteiger partial charge in [0, 0.05) is 6.20 Å². The lowest BCUT2D eigenvalue weighted by molar-refractivity contribution is 0.416. The molecule has 0 amide bonds. The summed E-state index contributed by atoms with van der Waals surface area (Å²) in [5.41, 5.74) is 0.623. The van der Waals surface area contributed by atoms with Crippen molar-refractivity contribution in [1.82, 2.24) is 9.38 Å². The Morgan fingerprint density at radius 3 is 3.17 bits per heavy atom. The average molecular weight is 164 g/mol. The summed E-state index contributed by atoms with van der Waals surface area (Å²) in [6.45, 7) is 0. The molecule has 0 unspecified atom stereocenters. The van der Waals surface area contributed by atoms with Gasteiger partial charge in [0.05, 0.1) is 13.3 Å². The normalized spacial score (nSPS) is 10.4. The number of aromatic nitrogens is 2. The minimum atomic E-state index is -0.000463. The van der Waals surface area contributed by atoms with Crippen LogP contribution < -0.4 is 4.74 Å². The van der Waals surface area contributed by atoms with Crippen molar-refractivity contribution in [3.05, 3.63) is 24.5 Å². The predicted octanol–water partition coefficient (Wildman–Crippen LogP) is 1.05. The molecule has 0 aliphatic rings. The molecule has 0 aromatic carbocycles. The van der Waals surface area contributed by atoms with E-state index in [9.17, 15) is 0 Å². The van der Waals surface area contributed by atoms with E-state index in [1.807, 2.05) is 6.07 Å². The van der Waals surface area contributed by atoms with E-state index in [0.29, 0.717) is 11.4 Å². The molecule has 2 aromatic rings. The van der Waals surface area contributed by atoms with E-state index in [-0.39, 0.29) is 5.88 Å². The summed E-state index contributed by atoms with van der Waals surface area (Å²) < 4.78 is 6.75. The van der Waals surface area contributed by atoms with Crippen LogP contribution in [0, 0.1) is 0 Å². The van der Waals surface area contributed by atoms with Crippen molar-refractivity contribution in [3.63, 3.8) is 0 Å². The van der Waals surface area contributed by atoms with Gasteiger partial charge in [0.15, 0.2) is 11.4 Å². The molecule has 62 valence electrons. The third-order valence-corrected chi connectivity index (χ3v) is 1.65. The first-order valence-electron chi connectivity index (χ1n) is 3.52. The van der Waals surface area contributed by atoms with Crippen LogP contribution in [-0.4, -0.2) is 21.6 Å². The highest BCUT2D eigenvalue weighted by Gasteiger charge is 2.03. The fourth-order valence-electron chi connectivity index (χ4n) is 1.13. The maximum absolute atomic E-state index is 9.09. The fourth-order valence-corrected chi connectivity index (χ4v) is 1.13. The Labute approximate surface area is 69.0 Å². The van der Waals surface area contributed by atoms with Crippen LogP contribution >= 0.6 is 0 Å². The summed E-state index contributed by atoms with van der Waals surface area (Å²) in [7, 11) is 1.57. The van der Waals surface area contributed by atoms with E-state index in [1.165, 1.54) is 6.20 Å². The molecular weight excluding hydrogens is 156 g/mol. The summed E-state index contributed by atoms with van der Waals surface area (Å²) in [5, 5.41) is 9.09. The largest absolute Gasteiger partial charge is 0.493 e. The smallest absolute Gasteiger partial charge is 0.230 e. The fraction of sp³-hybridized carbons (Fsp3) is 0.125. The van der Waals surface area contributed by atoms with Crippen LogP contribution in [0.15, 0.2) is 24.5 Å². The first kappa shape index (κ1) is 6.97. The zero-order valence-electron chi connectivity index (χ0n) is 6.56. The number of aromatic hydroxyl groups is 1. The van der Waals surface area contributed by atoms with Crippen LogP contribution in [0.25, 0.3) is 5.65 Å². The summed E-state index contributed by atoms with van der Waals surface area (Å²) in [5.74, 6) is 0.650. The molecule has 2 rings (SSSR count). The molecule has 0 saturated carbocycles. The number of fused-ring (bicyclic) bond motifs is 1. The van der Waals surface area contributed by atoms with Crippen LogP contribution in [0.3, 0.4) is 0 Å². The molecule has 0 fully saturated rings. The molecule has 2 heterocycles. The Kier molecular flexibility index (Phi) is 1.40. The minimum absolute atomic E-state index is 0.000463. The average Bonchev–Trinajstić information content (AvgIpc) is 2.44. The standard InChI is InChI=1S/C8H8N2O2/c1-12-6-3-2-4-10-5-7(11)9-8(6)10/h2-5,11H,1H3. The molecular formula is C8H8N2O2. The highest BCUT2D eigenvalue weighted by Crippen LogP contribution is 2.20. The lowest BCUT2D eigenvalue weighted by atomic mass is 10.4. The van der Waals surface area contributed by atoms with Gasteiger partial charge < -0.3 is 14.2 Å². The molecule has 4 heteroatoms. The van der Waals surface area contributed by atoms with Gasteiger partial charge in [-0.15, -0.1) is 0 Å². The van der Waals surface area contributed by atoms with Crippen molar-refractivity contribution in [1.29, 1.82) is 0 Å². The molecule has 0 bridgehead atoms. The third-order valence-electron chi connectivity index (χ3n) is 1.65. The highest BCUT2D eigenvalue weighted by molar-refractivity contribution is 5.54.